The van der Waals surface area contributed by atoms with Crippen LogP contribution in [0.4, 0.5) is 20.8 Å². The van der Waals surface area contributed by atoms with E-state index in [0.29, 0.717) is 28.5 Å². The second kappa shape index (κ2) is 11.0. The number of halogens is 1. The van der Waals surface area contributed by atoms with Gasteiger partial charge in [0.05, 0.1) is 11.3 Å². The Morgan fingerprint density at radius 2 is 1.81 bits per heavy atom. The van der Waals surface area contributed by atoms with Crippen LogP contribution in [0.2, 0.25) is 0 Å². The van der Waals surface area contributed by atoms with Crippen molar-refractivity contribution >= 4 is 17.7 Å². The normalized spacial score (nSPS) is 17.6. The van der Waals surface area contributed by atoms with E-state index in [9.17, 15) is 9.18 Å². The van der Waals surface area contributed by atoms with Crippen molar-refractivity contribution in [3.05, 3.63) is 54.1 Å². The van der Waals surface area contributed by atoms with Gasteiger partial charge in [0.1, 0.15) is 5.60 Å². The molecule has 0 unspecified atom stereocenters. The zero-order valence-corrected chi connectivity index (χ0v) is 21.5. The quantitative estimate of drug-likeness (QED) is 0.367. The number of ether oxygens (including phenoxy) is 2. The Bertz CT molecular complexity index is 1230. The number of rotatable bonds is 6. The summed E-state index contributed by atoms with van der Waals surface area (Å²) in [6, 6.07) is 8.44. The van der Waals surface area contributed by atoms with E-state index in [1.807, 2.05) is 26.8 Å². The molecule has 1 fully saturated rings. The van der Waals surface area contributed by atoms with Gasteiger partial charge in [-0.25, -0.2) is 24.1 Å². The molecule has 2 heterocycles. The predicted molar refractivity (Wildman–Crippen MR) is 140 cm³/mol. The summed E-state index contributed by atoms with van der Waals surface area (Å²) in [5.74, 6) is 0.215. The Labute approximate surface area is 216 Å². The van der Waals surface area contributed by atoms with Gasteiger partial charge in [0, 0.05) is 36.2 Å². The molecule has 1 saturated carbocycles. The topological polar surface area (TPSA) is 124 Å². The maximum Gasteiger partial charge on any atom is 0.407 e. The van der Waals surface area contributed by atoms with E-state index in [2.05, 4.69) is 25.6 Å². The molecule has 3 aromatic rings. The van der Waals surface area contributed by atoms with Gasteiger partial charge in [-0.1, -0.05) is 0 Å². The Kier molecular flexibility index (Phi) is 7.75. The molecule has 1 aliphatic rings. The van der Waals surface area contributed by atoms with Crippen LogP contribution in [-0.2, 0) is 4.74 Å². The maximum absolute atomic E-state index is 14.5. The van der Waals surface area contributed by atoms with Gasteiger partial charge in [0.15, 0.2) is 11.6 Å². The second-order valence-electron chi connectivity index (χ2n) is 10.2. The number of amides is 1. The third kappa shape index (κ3) is 7.05. The van der Waals surface area contributed by atoms with Gasteiger partial charge in [-0.3, -0.25) is 0 Å². The van der Waals surface area contributed by atoms with Crippen LogP contribution in [-0.4, -0.2) is 38.7 Å². The molecule has 1 aromatic carbocycles. The summed E-state index contributed by atoms with van der Waals surface area (Å²) < 4.78 is 25.8. The molecular weight excluding hydrogens is 475 g/mol. The third-order valence-corrected chi connectivity index (χ3v) is 5.93. The molecule has 1 amide bonds. The number of aryl methyl sites for hydroxylation is 1. The summed E-state index contributed by atoms with van der Waals surface area (Å²) in [7, 11) is 0. The Morgan fingerprint density at radius 3 is 2.51 bits per heavy atom. The van der Waals surface area contributed by atoms with Crippen molar-refractivity contribution in [2.75, 3.05) is 11.1 Å². The molecule has 0 saturated heterocycles. The average Bonchev–Trinajstić information content (AvgIpc) is 2.82. The molecule has 9 nitrogen and oxygen atoms in total. The summed E-state index contributed by atoms with van der Waals surface area (Å²) in [6.07, 6.45) is 6.20. The zero-order chi connectivity index (χ0) is 26.6. The highest BCUT2D eigenvalue weighted by atomic mass is 19.1. The first-order valence-electron chi connectivity index (χ1n) is 12.4. The van der Waals surface area contributed by atoms with Crippen molar-refractivity contribution in [3.8, 4) is 22.9 Å². The molecule has 4 rings (SSSR count). The summed E-state index contributed by atoms with van der Waals surface area (Å²) in [6.45, 7) is 7.26. The third-order valence-electron chi connectivity index (χ3n) is 5.93. The van der Waals surface area contributed by atoms with Gasteiger partial charge >= 0.3 is 6.09 Å². The molecule has 196 valence electrons. The lowest BCUT2D eigenvalue weighted by Gasteiger charge is -2.30. The minimum atomic E-state index is -0.559. The van der Waals surface area contributed by atoms with Crippen LogP contribution in [0.3, 0.4) is 0 Å². The number of benzene rings is 1. The molecule has 0 bridgehead atoms. The van der Waals surface area contributed by atoms with Crippen LogP contribution < -0.4 is 21.1 Å². The molecule has 1 aliphatic carbocycles. The molecule has 2 aromatic heterocycles. The van der Waals surface area contributed by atoms with E-state index >= 15 is 0 Å². The first-order valence-corrected chi connectivity index (χ1v) is 12.4. The smallest absolute Gasteiger partial charge is 0.407 e. The van der Waals surface area contributed by atoms with Crippen LogP contribution >= 0.6 is 0 Å². The maximum atomic E-state index is 14.5. The standard InChI is InChI=1S/C27H33FN6O3/c1-16-14-17(29)15-21(28)23(16)36-24-20(6-5-12-30-24)22-11-13-31-25(34-22)32-18-7-9-19(10-8-18)33-26(35)37-27(2,3)4/h5-6,11-15,18-19H,7-10,29H2,1-4H3,(H,33,35)(H,31,32,34)/t18-,19-. The highest BCUT2D eigenvalue weighted by Crippen LogP contribution is 2.34. The molecule has 0 atom stereocenters. The monoisotopic (exact) mass is 508 g/mol. The number of nitrogens with one attached hydrogen (secondary N) is 2. The number of carbonyl (C=O) groups excluding carboxylic acids is 1. The van der Waals surface area contributed by atoms with Crippen molar-refractivity contribution in [2.24, 2.45) is 0 Å². The lowest BCUT2D eigenvalue weighted by Crippen LogP contribution is -2.42. The van der Waals surface area contributed by atoms with E-state index in [0.717, 1.165) is 25.7 Å². The number of alkyl carbamates (subject to hydrolysis) is 1. The first kappa shape index (κ1) is 26.1. The molecular formula is C27H33FN6O3. The van der Waals surface area contributed by atoms with E-state index in [1.54, 1.807) is 37.5 Å². The van der Waals surface area contributed by atoms with Crippen LogP contribution in [0.1, 0.15) is 52.0 Å². The summed E-state index contributed by atoms with van der Waals surface area (Å²) in [4.78, 5) is 25.4. The van der Waals surface area contributed by atoms with Crippen molar-refractivity contribution in [1.82, 2.24) is 20.3 Å². The minimum absolute atomic E-state index is 0.0679. The minimum Gasteiger partial charge on any atom is -0.444 e. The number of nitrogen functional groups attached to an aromatic ring is 1. The van der Waals surface area contributed by atoms with Gasteiger partial charge in [-0.15, -0.1) is 0 Å². The highest BCUT2D eigenvalue weighted by molar-refractivity contribution is 5.68. The number of nitrogens with zero attached hydrogens (tertiary/aromatic N) is 3. The lowest BCUT2D eigenvalue weighted by atomic mass is 9.91. The number of aromatic nitrogens is 3. The number of carbonyl (C=O) groups is 1. The van der Waals surface area contributed by atoms with Crippen molar-refractivity contribution < 1.29 is 18.7 Å². The van der Waals surface area contributed by atoms with Gasteiger partial charge in [0.2, 0.25) is 11.8 Å². The van der Waals surface area contributed by atoms with E-state index in [1.165, 1.54) is 6.07 Å². The number of nitrogens with two attached hydrogens (primary N) is 1. The molecule has 4 N–H and O–H groups in total. The molecule has 0 aliphatic heterocycles. The van der Waals surface area contributed by atoms with E-state index in [-0.39, 0.29) is 29.8 Å². The van der Waals surface area contributed by atoms with Gasteiger partial charge < -0.3 is 25.8 Å². The summed E-state index contributed by atoms with van der Waals surface area (Å²) in [5, 5.41) is 6.35. The Morgan fingerprint density at radius 1 is 1.08 bits per heavy atom. The fourth-order valence-electron chi connectivity index (χ4n) is 4.27. The molecule has 0 radical (unpaired) electrons. The van der Waals surface area contributed by atoms with Crippen LogP contribution in [0.15, 0.2) is 42.7 Å². The van der Waals surface area contributed by atoms with Gasteiger partial charge in [0.25, 0.3) is 0 Å². The number of hydrogen-bond donors (Lipinski definition) is 3. The van der Waals surface area contributed by atoms with Crippen LogP contribution in [0.5, 0.6) is 11.6 Å². The van der Waals surface area contributed by atoms with E-state index < -0.39 is 11.4 Å². The molecule has 37 heavy (non-hydrogen) atoms. The predicted octanol–water partition coefficient (Wildman–Crippen LogP) is 5.61. The summed E-state index contributed by atoms with van der Waals surface area (Å²) in [5.41, 5.74) is 7.29. The van der Waals surface area contributed by atoms with Crippen molar-refractivity contribution in [3.63, 3.8) is 0 Å². The SMILES string of the molecule is Cc1cc(N)cc(F)c1Oc1ncccc1-c1ccnc(N[C@H]2CC[C@H](NC(=O)OC(C)(C)C)CC2)n1. The van der Waals surface area contributed by atoms with Gasteiger partial charge in [-0.2, -0.15) is 0 Å². The Balaban J connectivity index is 1.42. The average molecular weight is 509 g/mol. The second-order valence-corrected chi connectivity index (χ2v) is 10.2. The van der Waals surface area contributed by atoms with E-state index in [4.69, 9.17) is 15.2 Å². The van der Waals surface area contributed by atoms with Crippen LogP contribution in [0.25, 0.3) is 11.3 Å². The fourth-order valence-corrected chi connectivity index (χ4v) is 4.27. The summed E-state index contributed by atoms with van der Waals surface area (Å²) >= 11 is 0. The number of pyridine rings is 1. The number of hydrogen-bond acceptors (Lipinski definition) is 8. The molecule has 0 spiro atoms. The highest BCUT2D eigenvalue weighted by Gasteiger charge is 2.25. The fraction of sp³-hybridized carbons (Fsp3) is 0.407. The molecule has 10 heteroatoms. The van der Waals surface area contributed by atoms with Crippen LogP contribution in [0, 0.1) is 12.7 Å². The number of anilines is 2. The Hall–Kier alpha value is -3.95. The largest absolute Gasteiger partial charge is 0.444 e. The first-order chi connectivity index (χ1) is 17.6. The lowest BCUT2D eigenvalue weighted by molar-refractivity contribution is 0.0492. The van der Waals surface area contributed by atoms with Crippen molar-refractivity contribution in [1.29, 1.82) is 0 Å². The van der Waals surface area contributed by atoms with Crippen molar-refractivity contribution in [2.45, 2.75) is 71.1 Å². The zero-order valence-electron chi connectivity index (χ0n) is 21.5. The van der Waals surface area contributed by atoms with Gasteiger partial charge in [-0.05, 0) is 83.2 Å².